The third kappa shape index (κ3) is 1.29. The van der Waals surface area contributed by atoms with Gasteiger partial charge in [0.2, 0.25) is 16.9 Å². The number of alkyl halides is 10. The lowest BCUT2D eigenvalue weighted by Crippen LogP contribution is -2.77. The summed E-state index contributed by atoms with van der Waals surface area (Å²) in [5.41, 5.74) is -21.7. The molecule has 0 aromatic rings. The zero-order chi connectivity index (χ0) is 18.7. The highest BCUT2D eigenvalue weighted by Crippen LogP contribution is 2.80. The highest BCUT2D eigenvalue weighted by molar-refractivity contribution is 5.44. The van der Waals surface area contributed by atoms with Crippen LogP contribution in [0.25, 0.3) is 0 Å². The van der Waals surface area contributed by atoms with Gasteiger partial charge in [-0.2, -0.15) is 30.7 Å². The standard InChI is InChI=1S/C12H12F10O/c1-4-5(2)8(14)10(16,17)7(4,13)9(15,11(8,18)19)6(3,23)12(20,21)22/h4-5,23H,1-3H3. The fourth-order valence-electron chi connectivity index (χ4n) is 3.87. The van der Waals surface area contributed by atoms with E-state index in [1.54, 1.807) is 0 Å². The van der Waals surface area contributed by atoms with Gasteiger partial charge in [0.05, 0.1) is 0 Å². The van der Waals surface area contributed by atoms with Crippen molar-refractivity contribution in [2.75, 3.05) is 0 Å². The Kier molecular flexibility index (Phi) is 3.16. The van der Waals surface area contributed by atoms with Crippen LogP contribution in [0.4, 0.5) is 43.9 Å². The molecule has 0 aliphatic heterocycles. The van der Waals surface area contributed by atoms with Gasteiger partial charge in [-0.15, -0.1) is 0 Å². The molecule has 0 aromatic carbocycles. The fraction of sp³-hybridized carbons (Fsp3) is 1.00. The molecule has 0 amide bonds. The van der Waals surface area contributed by atoms with Crippen molar-refractivity contribution in [1.82, 2.24) is 0 Å². The van der Waals surface area contributed by atoms with Crippen molar-refractivity contribution in [2.24, 2.45) is 11.8 Å². The number of aliphatic hydroxyl groups is 1. The Bertz CT molecular complexity index is 542. The molecule has 23 heavy (non-hydrogen) atoms. The van der Waals surface area contributed by atoms with E-state index >= 15 is 0 Å². The summed E-state index contributed by atoms with van der Waals surface area (Å²) < 4.78 is 139. The van der Waals surface area contributed by atoms with Gasteiger partial charge in [-0.3, -0.25) is 0 Å². The summed E-state index contributed by atoms with van der Waals surface area (Å²) in [6.07, 6.45) is -6.26. The Morgan fingerprint density at radius 3 is 1.39 bits per heavy atom. The zero-order valence-electron chi connectivity index (χ0n) is 11.9. The van der Waals surface area contributed by atoms with Gasteiger partial charge in [0.1, 0.15) is 0 Å². The normalized spacial score (nSPS) is 50.9. The minimum absolute atomic E-state index is 0.399. The first-order valence-electron chi connectivity index (χ1n) is 6.43. The van der Waals surface area contributed by atoms with Crippen LogP contribution in [-0.4, -0.2) is 45.7 Å². The molecule has 2 bridgehead atoms. The summed E-state index contributed by atoms with van der Waals surface area (Å²) in [5, 5.41) is 9.26. The van der Waals surface area contributed by atoms with Crippen molar-refractivity contribution in [3.8, 4) is 0 Å². The third-order valence-electron chi connectivity index (χ3n) is 5.53. The first-order valence-corrected chi connectivity index (χ1v) is 6.43. The topological polar surface area (TPSA) is 20.2 Å². The summed E-state index contributed by atoms with van der Waals surface area (Å²) in [7, 11) is 0. The van der Waals surface area contributed by atoms with E-state index in [0.717, 1.165) is 0 Å². The molecule has 0 aromatic heterocycles. The van der Waals surface area contributed by atoms with Crippen molar-refractivity contribution >= 4 is 0 Å². The van der Waals surface area contributed by atoms with Crippen molar-refractivity contribution in [1.29, 1.82) is 0 Å². The number of halogens is 10. The molecule has 0 spiro atoms. The van der Waals surface area contributed by atoms with Crippen LogP contribution in [0.1, 0.15) is 20.8 Å². The maximum absolute atomic E-state index is 14.8. The molecule has 11 heteroatoms. The van der Waals surface area contributed by atoms with Crippen LogP contribution in [0.5, 0.6) is 0 Å². The molecule has 1 N–H and O–H groups in total. The molecule has 0 heterocycles. The number of fused-ring (bicyclic) bond motifs is 2. The van der Waals surface area contributed by atoms with Crippen LogP contribution in [0.3, 0.4) is 0 Å². The smallest absolute Gasteiger partial charge is 0.378 e. The van der Waals surface area contributed by atoms with Crippen molar-refractivity contribution < 1.29 is 49.0 Å². The van der Waals surface area contributed by atoms with Crippen LogP contribution in [0.2, 0.25) is 0 Å². The molecule has 6 unspecified atom stereocenters. The molecule has 2 aliphatic rings. The summed E-state index contributed by atoms with van der Waals surface area (Å²) in [5.74, 6) is -17.0. The lowest BCUT2D eigenvalue weighted by atomic mass is 9.62. The van der Waals surface area contributed by atoms with Gasteiger partial charge in [0.15, 0.2) is 0 Å². The van der Waals surface area contributed by atoms with E-state index in [0.29, 0.717) is 13.8 Å². The molecule has 2 saturated carbocycles. The monoisotopic (exact) mass is 362 g/mol. The molecule has 2 fully saturated rings. The first-order chi connectivity index (χ1) is 9.82. The SMILES string of the molecule is CC1C(C)C2(F)C(F)(F)C1(F)C(F)(F)C2(F)C(C)(O)C(F)(F)F. The molecular formula is C12H12F10O. The van der Waals surface area contributed by atoms with Gasteiger partial charge in [-0.05, 0) is 6.92 Å². The number of hydrogen-bond acceptors (Lipinski definition) is 1. The van der Waals surface area contributed by atoms with E-state index in [9.17, 15) is 49.0 Å². The Labute approximate surface area is 123 Å². The highest BCUT2D eigenvalue weighted by atomic mass is 19.4. The lowest BCUT2D eigenvalue weighted by Gasteiger charge is -2.51. The second kappa shape index (κ2) is 3.91. The minimum Gasteiger partial charge on any atom is -0.378 e. The summed E-state index contributed by atoms with van der Waals surface area (Å²) in [6, 6.07) is 0. The average molecular weight is 362 g/mol. The second-order valence-corrected chi connectivity index (χ2v) is 6.38. The van der Waals surface area contributed by atoms with E-state index < -0.39 is 59.4 Å². The van der Waals surface area contributed by atoms with Gasteiger partial charge in [0.25, 0.3) is 5.67 Å². The first kappa shape index (κ1) is 18.6. The van der Waals surface area contributed by atoms with Gasteiger partial charge in [-0.25, -0.2) is 13.2 Å². The molecule has 2 rings (SSSR count). The largest absolute Gasteiger partial charge is 0.420 e. The van der Waals surface area contributed by atoms with E-state index in [4.69, 9.17) is 0 Å². The van der Waals surface area contributed by atoms with E-state index in [1.165, 1.54) is 0 Å². The molecule has 136 valence electrons. The molecule has 0 radical (unpaired) electrons. The Balaban J connectivity index is 2.93. The maximum atomic E-state index is 14.8. The van der Waals surface area contributed by atoms with Crippen molar-refractivity contribution in [3.63, 3.8) is 0 Å². The van der Waals surface area contributed by atoms with E-state index in [1.807, 2.05) is 0 Å². The fourth-order valence-corrected chi connectivity index (χ4v) is 3.87. The summed E-state index contributed by atoms with van der Waals surface area (Å²) in [4.78, 5) is 0. The Hall–Kier alpha value is -0.740. The third-order valence-corrected chi connectivity index (χ3v) is 5.53. The van der Waals surface area contributed by atoms with Crippen LogP contribution in [0.15, 0.2) is 0 Å². The van der Waals surface area contributed by atoms with Crippen LogP contribution >= 0.6 is 0 Å². The Morgan fingerprint density at radius 2 is 1.09 bits per heavy atom. The summed E-state index contributed by atoms with van der Waals surface area (Å²) >= 11 is 0. The second-order valence-electron chi connectivity index (χ2n) is 6.38. The summed E-state index contributed by atoms with van der Waals surface area (Å²) in [6.45, 7) is 0.214. The maximum Gasteiger partial charge on any atom is 0.420 e. The molecule has 0 saturated heterocycles. The van der Waals surface area contributed by atoms with Crippen LogP contribution in [-0.2, 0) is 0 Å². The predicted octanol–water partition coefficient (Wildman–Crippen LogP) is 3.99. The van der Waals surface area contributed by atoms with Gasteiger partial charge < -0.3 is 5.11 Å². The minimum atomic E-state index is -6.26. The predicted molar refractivity (Wildman–Crippen MR) is 56.4 cm³/mol. The van der Waals surface area contributed by atoms with Crippen molar-refractivity contribution in [2.45, 2.75) is 61.4 Å². The molecule has 2 aliphatic carbocycles. The zero-order valence-corrected chi connectivity index (χ0v) is 11.9. The van der Waals surface area contributed by atoms with Crippen LogP contribution in [0, 0.1) is 11.8 Å². The van der Waals surface area contributed by atoms with Gasteiger partial charge in [0, 0.05) is 11.8 Å². The van der Waals surface area contributed by atoms with E-state index in [-0.39, 0.29) is 0 Å². The number of rotatable bonds is 1. The van der Waals surface area contributed by atoms with Gasteiger partial charge >= 0.3 is 18.0 Å². The quantitative estimate of drug-likeness (QED) is 0.700. The average Bonchev–Trinajstić information content (AvgIpc) is 2.52. The molecular weight excluding hydrogens is 350 g/mol. The highest BCUT2D eigenvalue weighted by Gasteiger charge is 3.07. The van der Waals surface area contributed by atoms with E-state index in [2.05, 4.69) is 0 Å². The van der Waals surface area contributed by atoms with Crippen LogP contribution < -0.4 is 0 Å². The Morgan fingerprint density at radius 1 is 0.739 bits per heavy atom. The molecule has 6 atom stereocenters. The molecule has 1 nitrogen and oxygen atoms in total. The van der Waals surface area contributed by atoms with Gasteiger partial charge in [-0.1, -0.05) is 13.8 Å². The number of hydrogen-bond donors (Lipinski definition) is 1. The van der Waals surface area contributed by atoms with Crippen molar-refractivity contribution in [3.05, 3.63) is 0 Å². The lowest BCUT2D eigenvalue weighted by molar-refractivity contribution is -0.372.